The summed E-state index contributed by atoms with van der Waals surface area (Å²) < 4.78 is 10.8. The van der Waals surface area contributed by atoms with Gasteiger partial charge >= 0.3 is 0 Å². The Labute approximate surface area is 172 Å². The van der Waals surface area contributed by atoms with Crippen molar-refractivity contribution < 1.29 is 18.7 Å². The van der Waals surface area contributed by atoms with Crippen LogP contribution >= 0.6 is 0 Å². The molecule has 3 fully saturated rings. The van der Waals surface area contributed by atoms with Gasteiger partial charge in [0.2, 0.25) is 5.91 Å². The number of carbonyl (C=O) groups is 2. The highest BCUT2D eigenvalue weighted by Gasteiger charge is 2.64. The Balaban J connectivity index is 1.53. The van der Waals surface area contributed by atoms with Gasteiger partial charge in [0.05, 0.1) is 12.0 Å². The number of carbonyl (C=O) groups excluding carboxylic acids is 2. The van der Waals surface area contributed by atoms with Crippen molar-refractivity contribution >= 4 is 11.8 Å². The van der Waals surface area contributed by atoms with Gasteiger partial charge in [-0.25, -0.2) is 0 Å². The Kier molecular flexibility index (Phi) is 5.46. The minimum atomic E-state index is -0.312. The summed E-state index contributed by atoms with van der Waals surface area (Å²) in [6.45, 7) is 10.2. The fraction of sp³-hybridized carbons (Fsp3) is 0.727. The summed E-state index contributed by atoms with van der Waals surface area (Å²) in [5, 5.41) is 0. The molecule has 1 aromatic rings. The molecule has 7 heteroatoms. The van der Waals surface area contributed by atoms with E-state index in [1.165, 1.54) is 0 Å². The molecule has 2 spiro atoms. The quantitative estimate of drug-likeness (QED) is 0.752. The zero-order valence-corrected chi connectivity index (χ0v) is 17.9. The van der Waals surface area contributed by atoms with Gasteiger partial charge in [-0.3, -0.25) is 14.5 Å². The molecule has 1 aromatic heterocycles. The molecule has 0 bridgehead atoms. The molecule has 0 aromatic carbocycles. The van der Waals surface area contributed by atoms with Crippen LogP contribution in [0, 0.1) is 17.8 Å². The van der Waals surface area contributed by atoms with Crippen molar-refractivity contribution in [2.24, 2.45) is 10.8 Å². The van der Waals surface area contributed by atoms with Crippen molar-refractivity contribution in [2.45, 2.75) is 33.1 Å². The Bertz CT molecular complexity index is 768. The van der Waals surface area contributed by atoms with E-state index < -0.39 is 0 Å². The molecule has 29 heavy (non-hydrogen) atoms. The monoisotopic (exact) mass is 403 g/mol. The molecular formula is C22H33N3O4. The van der Waals surface area contributed by atoms with Crippen molar-refractivity contribution in [1.82, 2.24) is 14.7 Å². The average Bonchev–Trinajstić information content (AvgIpc) is 3.38. The van der Waals surface area contributed by atoms with Gasteiger partial charge in [0, 0.05) is 58.3 Å². The largest absolute Gasteiger partial charge is 0.456 e. The molecule has 4 heterocycles. The van der Waals surface area contributed by atoms with Crippen LogP contribution in [-0.2, 0) is 9.53 Å². The predicted octanol–water partition coefficient (Wildman–Crippen LogP) is 2.01. The number of furan rings is 1. The maximum Gasteiger partial charge on any atom is 0.289 e. The number of rotatable bonds is 5. The molecule has 0 saturated carbocycles. The lowest BCUT2D eigenvalue weighted by atomic mass is 9.60. The van der Waals surface area contributed by atoms with Crippen molar-refractivity contribution in [3.63, 3.8) is 0 Å². The Morgan fingerprint density at radius 1 is 1.17 bits per heavy atom. The Morgan fingerprint density at radius 2 is 1.93 bits per heavy atom. The molecule has 2 amide bonds. The number of ether oxygens (including phenoxy) is 1. The smallest absolute Gasteiger partial charge is 0.289 e. The molecule has 3 aliphatic heterocycles. The first-order chi connectivity index (χ1) is 13.9. The molecule has 3 saturated heterocycles. The second-order valence-electron chi connectivity index (χ2n) is 8.90. The number of hydrogen-bond acceptors (Lipinski definition) is 5. The third kappa shape index (κ3) is 3.28. The Hall–Kier alpha value is -1.86. The zero-order valence-electron chi connectivity index (χ0n) is 17.9. The second-order valence-corrected chi connectivity index (χ2v) is 8.90. The van der Waals surface area contributed by atoms with Crippen molar-refractivity contribution in [3.05, 3.63) is 23.7 Å². The number of nitrogens with zero attached hydrogens (tertiary/aromatic N) is 3. The van der Waals surface area contributed by atoms with E-state index in [0.717, 1.165) is 57.7 Å². The summed E-state index contributed by atoms with van der Waals surface area (Å²) in [7, 11) is 1.72. The minimum absolute atomic E-state index is 0.0378. The lowest BCUT2D eigenvalue weighted by Gasteiger charge is -2.47. The topological polar surface area (TPSA) is 66.2 Å². The minimum Gasteiger partial charge on any atom is -0.456 e. The molecule has 1 atom stereocenters. The number of methoxy groups -OCH3 is 1. The van der Waals surface area contributed by atoms with E-state index >= 15 is 0 Å². The van der Waals surface area contributed by atoms with E-state index in [1.54, 1.807) is 13.2 Å². The van der Waals surface area contributed by atoms with Crippen molar-refractivity contribution in [2.75, 3.05) is 59.5 Å². The third-order valence-electron chi connectivity index (χ3n) is 7.49. The lowest BCUT2D eigenvalue weighted by molar-refractivity contribution is -0.141. The normalized spacial score (nSPS) is 26.9. The average molecular weight is 404 g/mol. The maximum atomic E-state index is 13.5. The first-order valence-electron chi connectivity index (χ1n) is 10.8. The van der Waals surface area contributed by atoms with Crippen molar-refractivity contribution in [1.29, 1.82) is 0 Å². The van der Waals surface area contributed by atoms with E-state index in [0.29, 0.717) is 31.4 Å². The van der Waals surface area contributed by atoms with E-state index in [1.807, 2.05) is 22.8 Å². The lowest BCUT2D eigenvalue weighted by Crippen LogP contribution is -2.53. The van der Waals surface area contributed by atoms with Crippen LogP contribution in [-0.4, -0.2) is 86.0 Å². The van der Waals surface area contributed by atoms with Gasteiger partial charge in [0.15, 0.2) is 5.76 Å². The summed E-state index contributed by atoms with van der Waals surface area (Å²) in [4.78, 5) is 32.6. The van der Waals surface area contributed by atoms with Gasteiger partial charge in [-0.05, 0) is 45.2 Å². The van der Waals surface area contributed by atoms with E-state index in [9.17, 15) is 9.59 Å². The van der Waals surface area contributed by atoms with Gasteiger partial charge in [-0.15, -0.1) is 0 Å². The molecule has 0 N–H and O–H groups in total. The number of piperidine rings is 1. The predicted molar refractivity (Wildman–Crippen MR) is 109 cm³/mol. The fourth-order valence-electron chi connectivity index (χ4n) is 5.82. The van der Waals surface area contributed by atoms with Crippen LogP contribution in [0.1, 0.15) is 42.5 Å². The number of aryl methyl sites for hydroxylation is 1. The SMILES string of the molecule is CCN1CC[C@@]2(CN(CCOC)CC23CCN(C(=O)c2ccc(C)o2)CC3)C1=O. The van der Waals surface area contributed by atoms with Crippen LogP contribution < -0.4 is 0 Å². The maximum absolute atomic E-state index is 13.5. The summed E-state index contributed by atoms with van der Waals surface area (Å²) >= 11 is 0. The fourth-order valence-corrected chi connectivity index (χ4v) is 5.82. The standard InChI is InChI=1S/C22H33N3O4/c1-4-24-12-9-22(20(24)27)16-23(13-14-28-3)15-21(22)7-10-25(11-8-21)19(26)18-6-5-17(2)29-18/h5-6H,4,7-16H2,1-3H3/t22-/m1/s1. The van der Waals surface area contributed by atoms with Crippen LogP contribution in [0.4, 0.5) is 0 Å². The zero-order chi connectivity index (χ0) is 20.6. The number of amides is 2. The van der Waals surface area contributed by atoms with Crippen LogP contribution in [0.3, 0.4) is 0 Å². The first-order valence-corrected chi connectivity index (χ1v) is 10.8. The van der Waals surface area contributed by atoms with Crippen LogP contribution in [0.2, 0.25) is 0 Å². The van der Waals surface area contributed by atoms with Crippen molar-refractivity contribution in [3.8, 4) is 0 Å². The van der Waals surface area contributed by atoms with Gasteiger partial charge < -0.3 is 19.0 Å². The molecular weight excluding hydrogens is 370 g/mol. The molecule has 0 unspecified atom stereocenters. The third-order valence-corrected chi connectivity index (χ3v) is 7.49. The highest BCUT2D eigenvalue weighted by molar-refractivity contribution is 5.91. The van der Waals surface area contributed by atoms with Crippen LogP contribution in [0.5, 0.6) is 0 Å². The van der Waals surface area contributed by atoms with Gasteiger partial charge in [0.1, 0.15) is 5.76 Å². The number of fused-ring (bicyclic) bond motifs is 1. The number of likely N-dealkylation sites (tertiary alicyclic amines) is 3. The van der Waals surface area contributed by atoms with Crippen LogP contribution in [0.15, 0.2) is 16.5 Å². The highest BCUT2D eigenvalue weighted by atomic mass is 16.5. The molecule has 160 valence electrons. The summed E-state index contributed by atoms with van der Waals surface area (Å²) in [6.07, 6.45) is 2.66. The molecule has 4 rings (SSSR count). The summed E-state index contributed by atoms with van der Waals surface area (Å²) in [5.41, 5.74) is -0.370. The van der Waals surface area contributed by atoms with Crippen LogP contribution in [0.25, 0.3) is 0 Å². The Morgan fingerprint density at radius 3 is 2.52 bits per heavy atom. The number of hydrogen-bond donors (Lipinski definition) is 0. The molecule has 3 aliphatic rings. The van der Waals surface area contributed by atoms with E-state index in [2.05, 4.69) is 11.8 Å². The molecule has 0 aliphatic carbocycles. The van der Waals surface area contributed by atoms with E-state index in [-0.39, 0.29) is 16.7 Å². The molecule has 7 nitrogen and oxygen atoms in total. The van der Waals surface area contributed by atoms with E-state index in [4.69, 9.17) is 9.15 Å². The van der Waals surface area contributed by atoms with Gasteiger partial charge in [-0.2, -0.15) is 0 Å². The molecule has 0 radical (unpaired) electrons. The first kappa shape index (κ1) is 20.4. The summed E-state index contributed by atoms with van der Waals surface area (Å²) in [6, 6.07) is 3.58. The summed E-state index contributed by atoms with van der Waals surface area (Å²) in [5.74, 6) is 1.45. The highest BCUT2D eigenvalue weighted by Crippen LogP contribution is 2.57. The van der Waals surface area contributed by atoms with Gasteiger partial charge in [0.25, 0.3) is 5.91 Å². The van der Waals surface area contributed by atoms with Gasteiger partial charge in [-0.1, -0.05) is 0 Å². The second kappa shape index (κ2) is 7.76.